The number of carbonyl (C=O) groups is 1. The minimum absolute atomic E-state index is 0.126. The first kappa shape index (κ1) is 21.5. The van der Waals surface area contributed by atoms with Gasteiger partial charge >= 0.3 is 0 Å². The number of amides is 1. The summed E-state index contributed by atoms with van der Waals surface area (Å²) in [5.41, 5.74) is 3.16. The molecule has 9 heteroatoms. The smallest absolute Gasteiger partial charge is 0.291 e. The molecule has 0 saturated heterocycles. The number of hydrogen-bond donors (Lipinski definition) is 1. The van der Waals surface area contributed by atoms with E-state index >= 15 is 0 Å². The molecule has 2 aromatic carbocycles. The van der Waals surface area contributed by atoms with Crippen LogP contribution in [0.1, 0.15) is 11.1 Å². The van der Waals surface area contributed by atoms with Gasteiger partial charge in [0, 0.05) is 23.6 Å². The maximum Gasteiger partial charge on any atom is 0.291 e. The number of anilines is 1. The molecule has 0 bridgehead atoms. The second-order valence-electron chi connectivity index (χ2n) is 7.56. The van der Waals surface area contributed by atoms with Crippen molar-refractivity contribution in [3.63, 3.8) is 0 Å². The molecule has 34 heavy (non-hydrogen) atoms. The maximum absolute atomic E-state index is 12.8. The zero-order valence-corrected chi connectivity index (χ0v) is 19.0. The number of aromatic nitrogens is 4. The van der Waals surface area contributed by atoms with Crippen LogP contribution < -0.4 is 20.1 Å². The van der Waals surface area contributed by atoms with Crippen molar-refractivity contribution < 1.29 is 9.53 Å². The van der Waals surface area contributed by atoms with Crippen LogP contribution in [0.5, 0.6) is 5.75 Å². The van der Waals surface area contributed by atoms with Crippen LogP contribution in [0.3, 0.4) is 0 Å². The molecular weight excluding hydrogens is 450 g/mol. The fraction of sp³-hybridized carbons (Fsp3) is 0.0800. The standard InChI is InChI=1S/C25H19N5O3S/c1-16-5-7-19(8-6-16)27-22(31)15-33-20-4-2-3-17(13-20)14-21-24(32)30-25(34-21)28-23(29-30)18-9-11-26-12-10-18/h2-14H,15H2,1H3,(H,27,31)/b21-14-. The molecule has 0 aliphatic heterocycles. The Labute approximate surface area is 198 Å². The minimum Gasteiger partial charge on any atom is -0.484 e. The van der Waals surface area contributed by atoms with Gasteiger partial charge in [0.15, 0.2) is 12.4 Å². The SMILES string of the molecule is Cc1ccc(NC(=O)COc2cccc(/C=c3\sc4nc(-c5ccncc5)nn4c3=O)c2)cc1. The Morgan fingerprint density at radius 1 is 1.12 bits per heavy atom. The summed E-state index contributed by atoms with van der Waals surface area (Å²) in [5.74, 6) is 0.756. The van der Waals surface area contributed by atoms with Crippen molar-refractivity contribution in [1.29, 1.82) is 0 Å². The molecule has 0 spiro atoms. The molecular formula is C25H19N5O3S. The largest absolute Gasteiger partial charge is 0.484 e. The zero-order chi connectivity index (χ0) is 23.5. The number of aryl methyl sites for hydroxylation is 1. The predicted molar refractivity (Wildman–Crippen MR) is 131 cm³/mol. The summed E-state index contributed by atoms with van der Waals surface area (Å²) in [6.07, 6.45) is 5.07. The number of pyridine rings is 1. The van der Waals surface area contributed by atoms with Gasteiger partial charge < -0.3 is 10.1 Å². The molecule has 0 radical (unpaired) electrons. The molecule has 1 amide bonds. The van der Waals surface area contributed by atoms with E-state index in [0.29, 0.717) is 26.8 Å². The highest BCUT2D eigenvalue weighted by Gasteiger charge is 2.12. The number of fused-ring (bicyclic) bond motifs is 1. The molecule has 0 saturated carbocycles. The summed E-state index contributed by atoms with van der Waals surface area (Å²) in [6.45, 7) is 1.86. The zero-order valence-electron chi connectivity index (χ0n) is 18.1. The van der Waals surface area contributed by atoms with Crippen LogP contribution in [0.4, 0.5) is 5.69 Å². The van der Waals surface area contributed by atoms with Crippen LogP contribution in [0, 0.1) is 6.92 Å². The molecule has 168 valence electrons. The van der Waals surface area contributed by atoms with E-state index in [0.717, 1.165) is 16.7 Å². The number of thiazole rings is 1. The Morgan fingerprint density at radius 3 is 2.68 bits per heavy atom. The third-order valence-corrected chi connectivity index (χ3v) is 5.94. The van der Waals surface area contributed by atoms with Gasteiger partial charge in [0.2, 0.25) is 4.96 Å². The Bertz CT molecular complexity index is 1580. The second kappa shape index (κ2) is 9.24. The number of nitrogens with zero attached hydrogens (tertiary/aromatic N) is 4. The number of rotatable bonds is 6. The lowest BCUT2D eigenvalue weighted by Crippen LogP contribution is -2.23. The van der Waals surface area contributed by atoms with E-state index in [1.807, 2.05) is 43.3 Å². The molecule has 0 aliphatic rings. The maximum atomic E-state index is 12.8. The molecule has 0 fully saturated rings. The number of ether oxygens (including phenoxy) is 1. The van der Waals surface area contributed by atoms with Crippen LogP contribution in [-0.2, 0) is 4.79 Å². The van der Waals surface area contributed by atoms with Crippen LogP contribution in [0.15, 0.2) is 77.9 Å². The van der Waals surface area contributed by atoms with Gasteiger partial charge in [-0.05, 0) is 55.0 Å². The first-order valence-electron chi connectivity index (χ1n) is 10.5. The number of hydrogen-bond acceptors (Lipinski definition) is 7. The quantitative estimate of drug-likeness (QED) is 0.410. The van der Waals surface area contributed by atoms with Gasteiger partial charge in [0.1, 0.15) is 5.75 Å². The molecule has 0 aliphatic carbocycles. The molecule has 8 nitrogen and oxygen atoms in total. The Morgan fingerprint density at radius 2 is 1.91 bits per heavy atom. The van der Waals surface area contributed by atoms with Gasteiger partial charge in [-0.3, -0.25) is 14.6 Å². The summed E-state index contributed by atoms with van der Waals surface area (Å²) in [4.78, 5) is 34.0. The van der Waals surface area contributed by atoms with E-state index in [1.165, 1.54) is 15.9 Å². The van der Waals surface area contributed by atoms with E-state index < -0.39 is 0 Å². The minimum atomic E-state index is -0.254. The first-order valence-corrected chi connectivity index (χ1v) is 11.3. The molecule has 5 aromatic rings. The van der Waals surface area contributed by atoms with Crippen LogP contribution >= 0.6 is 11.3 Å². The van der Waals surface area contributed by atoms with Crippen molar-refractivity contribution in [2.75, 3.05) is 11.9 Å². The average Bonchev–Trinajstić information content (AvgIpc) is 3.39. The second-order valence-corrected chi connectivity index (χ2v) is 8.57. The normalized spacial score (nSPS) is 11.6. The third-order valence-electron chi connectivity index (χ3n) is 4.98. The third kappa shape index (κ3) is 4.69. The van der Waals surface area contributed by atoms with Gasteiger partial charge in [-0.25, -0.2) is 0 Å². The number of carbonyl (C=O) groups excluding carboxylic acids is 1. The van der Waals surface area contributed by atoms with Gasteiger partial charge in [-0.1, -0.05) is 41.2 Å². The monoisotopic (exact) mass is 469 g/mol. The van der Waals surface area contributed by atoms with Crippen molar-refractivity contribution in [2.45, 2.75) is 6.92 Å². The van der Waals surface area contributed by atoms with E-state index in [9.17, 15) is 9.59 Å². The topological polar surface area (TPSA) is 98.5 Å². The van der Waals surface area contributed by atoms with Crippen LogP contribution in [0.2, 0.25) is 0 Å². The summed E-state index contributed by atoms with van der Waals surface area (Å²) in [7, 11) is 0. The number of benzene rings is 2. The molecule has 0 atom stereocenters. The first-order chi connectivity index (χ1) is 16.5. The van der Waals surface area contributed by atoms with Gasteiger partial charge in [-0.2, -0.15) is 9.50 Å². The van der Waals surface area contributed by atoms with E-state index in [4.69, 9.17) is 4.74 Å². The molecule has 3 heterocycles. The highest BCUT2D eigenvalue weighted by atomic mass is 32.1. The summed E-state index contributed by atoms with van der Waals surface area (Å²) >= 11 is 1.26. The van der Waals surface area contributed by atoms with Crippen molar-refractivity contribution in [3.05, 3.63) is 99.1 Å². The fourth-order valence-corrected chi connectivity index (χ4v) is 4.19. The van der Waals surface area contributed by atoms with Gasteiger partial charge in [0.25, 0.3) is 11.5 Å². The molecule has 3 aromatic heterocycles. The highest BCUT2D eigenvalue weighted by molar-refractivity contribution is 7.15. The van der Waals surface area contributed by atoms with E-state index in [2.05, 4.69) is 20.4 Å². The van der Waals surface area contributed by atoms with Crippen LogP contribution in [0.25, 0.3) is 22.4 Å². The fourth-order valence-electron chi connectivity index (χ4n) is 3.29. The van der Waals surface area contributed by atoms with Crippen molar-refractivity contribution in [2.24, 2.45) is 0 Å². The summed E-state index contributed by atoms with van der Waals surface area (Å²) in [5, 5.41) is 7.13. The van der Waals surface area contributed by atoms with Gasteiger partial charge in [-0.15, -0.1) is 5.10 Å². The van der Waals surface area contributed by atoms with Gasteiger partial charge in [0.05, 0.1) is 4.53 Å². The highest BCUT2D eigenvalue weighted by Crippen LogP contribution is 2.17. The lowest BCUT2D eigenvalue weighted by atomic mass is 10.2. The lowest BCUT2D eigenvalue weighted by Gasteiger charge is -2.08. The predicted octanol–water partition coefficient (Wildman–Crippen LogP) is 3.09. The summed E-state index contributed by atoms with van der Waals surface area (Å²) in [6, 6.07) is 18.3. The molecule has 1 N–H and O–H groups in total. The lowest BCUT2D eigenvalue weighted by molar-refractivity contribution is -0.118. The number of nitrogens with one attached hydrogen (secondary N) is 1. The Kier molecular flexibility index (Phi) is 5.84. The van der Waals surface area contributed by atoms with Crippen LogP contribution in [-0.4, -0.2) is 32.1 Å². The average molecular weight is 470 g/mol. The van der Waals surface area contributed by atoms with Crippen molar-refractivity contribution in [1.82, 2.24) is 19.6 Å². The molecule has 5 rings (SSSR count). The van der Waals surface area contributed by atoms with Crippen molar-refractivity contribution >= 4 is 34.0 Å². The van der Waals surface area contributed by atoms with Crippen molar-refractivity contribution in [3.8, 4) is 17.1 Å². The van der Waals surface area contributed by atoms with E-state index in [-0.39, 0.29) is 18.1 Å². The Hall–Kier alpha value is -4.37. The Balaban J connectivity index is 1.31. The summed E-state index contributed by atoms with van der Waals surface area (Å²) < 4.78 is 7.45. The van der Waals surface area contributed by atoms with E-state index in [1.54, 1.807) is 42.7 Å². The molecule has 0 unspecified atom stereocenters.